The molecular weight excluding hydrogens is 246 g/mol. The minimum absolute atomic E-state index is 0.480. The summed E-state index contributed by atoms with van der Waals surface area (Å²) in [6, 6.07) is 7.70. The zero-order chi connectivity index (χ0) is 13.8. The summed E-state index contributed by atoms with van der Waals surface area (Å²) in [5, 5.41) is 3.65. The van der Waals surface area contributed by atoms with E-state index in [9.17, 15) is 0 Å². The first kappa shape index (κ1) is 14.1. The molecule has 1 fully saturated rings. The van der Waals surface area contributed by atoms with Crippen molar-refractivity contribution < 1.29 is 4.74 Å². The normalized spacial score (nSPS) is 22.9. The van der Waals surface area contributed by atoms with Crippen LogP contribution in [0.25, 0.3) is 0 Å². The summed E-state index contributed by atoms with van der Waals surface area (Å²) in [4.78, 5) is 0. The van der Waals surface area contributed by atoms with E-state index in [0.29, 0.717) is 12.1 Å². The standard InChI is InChI=1S/C18H27NO/c1-2-19-17(13-18-7-4-10-20-18)12-14-8-9-15-5-3-6-16(15)11-14/h8-9,11,17-19H,2-7,10,12-13H2,1H3. The van der Waals surface area contributed by atoms with Crippen molar-refractivity contribution in [1.82, 2.24) is 5.32 Å². The van der Waals surface area contributed by atoms with Crippen LogP contribution in [-0.4, -0.2) is 25.3 Å². The average molecular weight is 273 g/mol. The molecule has 1 aromatic rings. The largest absolute Gasteiger partial charge is 0.378 e. The van der Waals surface area contributed by atoms with Crippen molar-refractivity contribution in [2.45, 2.75) is 64.0 Å². The molecule has 0 radical (unpaired) electrons. The van der Waals surface area contributed by atoms with Crippen LogP contribution in [0.3, 0.4) is 0 Å². The van der Waals surface area contributed by atoms with Crippen molar-refractivity contribution in [3.8, 4) is 0 Å². The first-order valence-electron chi connectivity index (χ1n) is 8.31. The van der Waals surface area contributed by atoms with Gasteiger partial charge in [-0.1, -0.05) is 25.1 Å². The number of hydrogen-bond donors (Lipinski definition) is 1. The number of hydrogen-bond acceptors (Lipinski definition) is 2. The van der Waals surface area contributed by atoms with Crippen LogP contribution in [0.1, 0.15) is 49.3 Å². The van der Waals surface area contributed by atoms with E-state index < -0.39 is 0 Å². The molecule has 2 nitrogen and oxygen atoms in total. The zero-order valence-corrected chi connectivity index (χ0v) is 12.7. The second kappa shape index (κ2) is 6.73. The van der Waals surface area contributed by atoms with Gasteiger partial charge in [0.15, 0.2) is 0 Å². The van der Waals surface area contributed by atoms with Crippen molar-refractivity contribution in [2.75, 3.05) is 13.2 Å². The fraction of sp³-hybridized carbons (Fsp3) is 0.667. The van der Waals surface area contributed by atoms with E-state index in [4.69, 9.17) is 4.74 Å². The minimum Gasteiger partial charge on any atom is -0.378 e. The molecule has 2 aliphatic rings. The molecule has 3 rings (SSSR count). The Balaban J connectivity index is 1.62. The van der Waals surface area contributed by atoms with Crippen LogP contribution in [0.2, 0.25) is 0 Å². The quantitative estimate of drug-likeness (QED) is 0.859. The van der Waals surface area contributed by atoms with Gasteiger partial charge in [-0.25, -0.2) is 0 Å². The SMILES string of the molecule is CCNC(Cc1ccc2c(c1)CCC2)CC1CCCO1. The summed E-state index contributed by atoms with van der Waals surface area (Å²) >= 11 is 0. The molecule has 1 aliphatic carbocycles. The molecule has 1 heterocycles. The predicted molar refractivity (Wildman–Crippen MR) is 83.2 cm³/mol. The third-order valence-electron chi connectivity index (χ3n) is 4.71. The van der Waals surface area contributed by atoms with Gasteiger partial charge in [0, 0.05) is 12.6 Å². The van der Waals surface area contributed by atoms with Crippen LogP contribution in [0, 0.1) is 0 Å². The van der Waals surface area contributed by atoms with Crippen LogP contribution < -0.4 is 5.32 Å². The lowest BCUT2D eigenvalue weighted by Gasteiger charge is -2.21. The Hall–Kier alpha value is -0.860. The molecule has 2 atom stereocenters. The summed E-state index contributed by atoms with van der Waals surface area (Å²) in [6.45, 7) is 4.20. The fourth-order valence-corrected chi connectivity index (χ4v) is 3.71. The zero-order valence-electron chi connectivity index (χ0n) is 12.7. The Morgan fingerprint density at radius 3 is 2.95 bits per heavy atom. The maximum atomic E-state index is 5.80. The maximum absolute atomic E-state index is 5.80. The number of fused-ring (bicyclic) bond motifs is 1. The number of aryl methyl sites for hydroxylation is 2. The molecule has 2 unspecified atom stereocenters. The molecule has 0 spiro atoms. The molecule has 0 amide bonds. The van der Waals surface area contributed by atoms with E-state index in [1.165, 1.54) is 37.7 Å². The van der Waals surface area contributed by atoms with E-state index in [2.05, 4.69) is 30.4 Å². The van der Waals surface area contributed by atoms with Gasteiger partial charge in [-0.15, -0.1) is 0 Å². The van der Waals surface area contributed by atoms with Gasteiger partial charge in [-0.2, -0.15) is 0 Å². The average Bonchev–Trinajstić information content (AvgIpc) is 3.09. The summed E-state index contributed by atoms with van der Waals surface area (Å²) in [6.07, 6.45) is 9.16. The highest BCUT2D eigenvalue weighted by molar-refractivity contribution is 5.35. The lowest BCUT2D eigenvalue weighted by Crippen LogP contribution is -2.34. The van der Waals surface area contributed by atoms with Gasteiger partial charge in [0.1, 0.15) is 0 Å². The van der Waals surface area contributed by atoms with Crippen LogP contribution in [0.4, 0.5) is 0 Å². The lowest BCUT2D eigenvalue weighted by molar-refractivity contribution is 0.0948. The van der Waals surface area contributed by atoms with Gasteiger partial charge in [-0.05, 0) is 68.2 Å². The Kier molecular flexibility index (Phi) is 4.74. The molecule has 1 aliphatic heterocycles. The second-order valence-electron chi connectivity index (χ2n) is 6.29. The van der Waals surface area contributed by atoms with E-state index in [1.807, 2.05) is 0 Å². The predicted octanol–water partition coefficient (Wildman–Crippen LogP) is 3.27. The topological polar surface area (TPSA) is 21.3 Å². The molecule has 110 valence electrons. The van der Waals surface area contributed by atoms with Gasteiger partial charge in [0.2, 0.25) is 0 Å². The number of likely N-dealkylation sites (N-methyl/N-ethyl adjacent to an activating group) is 1. The first-order chi connectivity index (χ1) is 9.85. The fourth-order valence-electron chi connectivity index (χ4n) is 3.71. The highest BCUT2D eigenvalue weighted by Gasteiger charge is 2.21. The highest BCUT2D eigenvalue weighted by atomic mass is 16.5. The van der Waals surface area contributed by atoms with Gasteiger partial charge < -0.3 is 10.1 Å². The third-order valence-corrected chi connectivity index (χ3v) is 4.71. The van der Waals surface area contributed by atoms with E-state index in [-0.39, 0.29) is 0 Å². The van der Waals surface area contributed by atoms with Gasteiger partial charge in [0.25, 0.3) is 0 Å². The molecule has 1 N–H and O–H groups in total. The lowest BCUT2D eigenvalue weighted by atomic mass is 9.97. The van der Waals surface area contributed by atoms with Crippen LogP contribution in [0.5, 0.6) is 0 Å². The maximum Gasteiger partial charge on any atom is 0.0590 e. The molecule has 0 saturated carbocycles. The van der Waals surface area contributed by atoms with E-state index in [0.717, 1.165) is 26.0 Å². The van der Waals surface area contributed by atoms with Crippen LogP contribution in [0.15, 0.2) is 18.2 Å². The second-order valence-corrected chi connectivity index (χ2v) is 6.29. The van der Waals surface area contributed by atoms with Crippen molar-refractivity contribution in [3.63, 3.8) is 0 Å². The van der Waals surface area contributed by atoms with E-state index >= 15 is 0 Å². The Bertz CT molecular complexity index is 437. The Morgan fingerprint density at radius 1 is 1.25 bits per heavy atom. The molecule has 1 saturated heterocycles. The molecule has 20 heavy (non-hydrogen) atoms. The number of rotatable bonds is 6. The molecule has 2 heteroatoms. The van der Waals surface area contributed by atoms with Gasteiger partial charge >= 0.3 is 0 Å². The van der Waals surface area contributed by atoms with Crippen LogP contribution >= 0.6 is 0 Å². The van der Waals surface area contributed by atoms with Crippen molar-refractivity contribution in [1.29, 1.82) is 0 Å². The van der Waals surface area contributed by atoms with Gasteiger partial charge in [0.05, 0.1) is 6.10 Å². The number of nitrogens with one attached hydrogen (secondary N) is 1. The summed E-state index contributed by atoms with van der Waals surface area (Å²) in [5.74, 6) is 0. The third kappa shape index (κ3) is 3.42. The summed E-state index contributed by atoms with van der Waals surface area (Å²) in [7, 11) is 0. The Labute approximate surface area is 122 Å². The molecule has 0 aromatic heterocycles. The number of ether oxygens (including phenoxy) is 1. The molecular formula is C18H27NO. The van der Waals surface area contributed by atoms with Crippen molar-refractivity contribution in [2.24, 2.45) is 0 Å². The van der Waals surface area contributed by atoms with E-state index in [1.54, 1.807) is 11.1 Å². The van der Waals surface area contributed by atoms with Crippen molar-refractivity contribution in [3.05, 3.63) is 34.9 Å². The monoisotopic (exact) mass is 273 g/mol. The van der Waals surface area contributed by atoms with Crippen LogP contribution in [-0.2, 0) is 24.0 Å². The molecule has 0 bridgehead atoms. The Morgan fingerprint density at radius 2 is 2.15 bits per heavy atom. The summed E-state index contributed by atoms with van der Waals surface area (Å²) in [5.41, 5.74) is 4.66. The molecule has 1 aromatic carbocycles. The van der Waals surface area contributed by atoms with Gasteiger partial charge in [-0.3, -0.25) is 0 Å². The van der Waals surface area contributed by atoms with Crippen molar-refractivity contribution >= 4 is 0 Å². The first-order valence-corrected chi connectivity index (χ1v) is 8.31. The summed E-state index contributed by atoms with van der Waals surface area (Å²) < 4.78 is 5.80. The number of benzene rings is 1. The minimum atomic E-state index is 0.480. The smallest absolute Gasteiger partial charge is 0.0590 e. The highest BCUT2D eigenvalue weighted by Crippen LogP contribution is 2.24.